The molecule has 13 unspecified atom stereocenters. The van der Waals surface area contributed by atoms with E-state index in [-0.39, 0.29) is 0 Å². The molecule has 8 bridgehead atoms. The fourth-order valence-corrected chi connectivity index (χ4v) is 22.3. The largest absolute Gasteiger partial charge is 0.0651 e. The van der Waals surface area contributed by atoms with Crippen molar-refractivity contribution in [2.24, 2.45) is 140 Å². The zero-order valence-corrected chi connectivity index (χ0v) is 67.5. The van der Waals surface area contributed by atoms with Crippen molar-refractivity contribution in [3.8, 4) is 0 Å². The third-order valence-corrected chi connectivity index (χ3v) is 32.5. The van der Waals surface area contributed by atoms with Crippen LogP contribution in [0.4, 0.5) is 0 Å². The summed E-state index contributed by atoms with van der Waals surface area (Å²) < 4.78 is 0. The van der Waals surface area contributed by atoms with Gasteiger partial charge in [-0.1, -0.05) is 331 Å². The lowest BCUT2D eigenvalue weighted by atomic mass is 9.70. The van der Waals surface area contributed by atoms with Crippen LogP contribution in [0, 0.1) is 140 Å². The number of hydrogen-bond donors (Lipinski definition) is 0. The maximum Gasteiger partial charge on any atom is -0.0297 e. The van der Waals surface area contributed by atoms with E-state index in [9.17, 15) is 0 Å². The van der Waals surface area contributed by atoms with Crippen LogP contribution in [0.5, 0.6) is 0 Å². The Morgan fingerprint density at radius 2 is 0.696 bits per heavy atom. The average molecular weight is 1280 g/mol. The van der Waals surface area contributed by atoms with E-state index in [1.54, 1.807) is 57.8 Å². The van der Waals surface area contributed by atoms with Crippen molar-refractivity contribution >= 4 is 0 Å². The van der Waals surface area contributed by atoms with E-state index in [0.717, 1.165) is 135 Å². The molecule has 0 heterocycles. The van der Waals surface area contributed by atoms with Crippen molar-refractivity contribution < 1.29 is 0 Å². The smallest absolute Gasteiger partial charge is 0.0297 e. The summed E-state index contributed by atoms with van der Waals surface area (Å²) in [4.78, 5) is 0. The van der Waals surface area contributed by atoms with Gasteiger partial charge in [0, 0.05) is 0 Å². The Labute approximate surface area is 583 Å². The van der Waals surface area contributed by atoms with Crippen molar-refractivity contribution in [1.82, 2.24) is 0 Å². The molecule has 0 aromatic heterocycles. The quantitative estimate of drug-likeness (QED) is 0.257. The van der Waals surface area contributed by atoms with Gasteiger partial charge < -0.3 is 0 Å². The second-order valence-corrected chi connectivity index (χ2v) is 39.3. The molecule has 0 saturated heterocycles. The third-order valence-electron chi connectivity index (χ3n) is 32.5. The van der Waals surface area contributed by atoms with Crippen molar-refractivity contribution in [1.29, 1.82) is 0 Å². The molecule has 0 aromatic rings. The number of hydrogen-bond acceptors (Lipinski definition) is 0. The molecule has 0 radical (unpaired) electrons. The highest BCUT2D eigenvalue weighted by Crippen LogP contribution is 2.57. The van der Waals surface area contributed by atoms with Crippen LogP contribution >= 0.6 is 0 Å². The average Bonchev–Trinajstić information content (AvgIpc) is 1.70. The summed E-state index contributed by atoms with van der Waals surface area (Å²) >= 11 is 0. The predicted octanol–water partition coefficient (Wildman–Crippen LogP) is 31.4. The molecule has 544 valence electrons. The van der Waals surface area contributed by atoms with E-state index in [1.165, 1.54) is 250 Å². The van der Waals surface area contributed by atoms with Gasteiger partial charge >= 0.3 is 0 Å². The standard InChI is InChI=1S/3C9H16.2C9H18.C8H14.4C8H16.C7H14/c1-7-5-8-3-4-9(7,2)6-8;1-6-7(2)9-4-3-8(6)5-9;1-2-8-5-7-3-4-9(8)6-7;1-8-6-4-5-7-9(8,2)3;1-7-5-4-6-8(2)9(7)3;1-6-4-7-2-3-8(6)5-7;1-7-5-3-4-6-8(7)2;2*1-3-8(2)6-4-5-7-8;1-2-8-6-4-3-5-7-8;1-2-7-5-3-4-6-7/h7-8H,3-6H2,1-2H3;6-9H,3-5H2,1-2H3;7-9H,2-6H2,1H3;8H,4-7H2,1-3H3;7-9H,4-6H2,1-3H3;6-8H,2-5H2,1H3;7-8H,3-6H2,1-2H3;2*3-7H2,1-2H3;8H,2-7H2,1H3;7H,2-6H2,1H3/t7-,8?,9?;6-,7?,8?,9?;;8-;;6-,7?,8?;7-,8?;;;;/m00.1.01..../s1. The molecule has 0 nitrogen and oxygen atoms in total. The first-order chi connectivity index (χ1) is 43.8. The van der Waals surface area contributed by atoms with Gasteiger partial charge in [-0.3, -0.25) is 0 Å². The number of rotatable bonds is 5. The van der Waals surface area contributed by atoms with Crippen LogP contribution in [0.1, 0.15) is 447 Å². The zero-order chi connectivity index (χ0) is 67.5. The van der Waals surface area contributed by atoms with Crippen LogP contribution < -0.4 is 0 Å². The first-order valence-electron chi connectivity index (χ1n) is 43.8. The highest BCUT2D eigenvalue weighted by Gasteiger charge is 2.46. The SMILES string of the molecule is CC1C2CCC(C2)[C@H]1C.CC1CCCC(C)C1C.CC1CCCC[C@H]1C.CCC1(C)CCCC1.CCC1(C)CCCC1.CCC1CC2CCC1C2.CCC1CCCC1.CCC1CCCCC1.C[C@@H]1CCCCC1(C)C.C[C@H]1CC2CCC1(C)C2.C[C@H]1CC2CCC1C2. The molecule has 0 aromatic carbocycles. The van der Waals surface area contributed by atoms with E-state index in [2.05, 4.69) is 138 Å². The predicted molar refractivity (Wildman–Crippen MR) is 415 cm³/mol. The van der Waals surface area contributed by atoms with Crippen molar-refractivity contribution in [3.05, 3.63) is 0 Å². The van der Waals surface area contributed by atoms with Gasteiger partial charge in [0.05, 0.1) is 0 Å². The molecule has 0 spiro atoms. The van der Waals surface area contributed by atoms with Gasteiger partial charge in [-0.25, -0.2) is 0 Å². The summed E-state index contributed by atoms with van der Waals surface area (Å²) in [7, 11) is 0. The lowest BCUT2D eigenvalue weighted by molar-refractivity contribution is 0.154. The Balaban J connectivity index is 0.000000184. The third kappa shape index (κ3) is 27.8. The Kier molecular flexibility index (Phi) is 38.0. The zero-order valence-electron chi connectivity index (χ0n) is 67.5. The van der Waals surface area contributed by atoms with Gasteiger partial charge in [-0.15, -0.1) is 0 Å². The molecule has 15 aliphatic carbocycles. The Hall–Kier alpha value is 0. The maximum absolute atomic E-state index is 2.48. The minimum atomic E-state index is 0.637. The summed E-state index contributed by atoms with van der Waals surface area (Å²) in [6.45, 7) is 47.8. The minimum absolute atomic E-state index is 0.637. The normalized spacial score (nSPS) is 40.0. The summed E-state index contributed by atoms with van der Waals surface area (Å²) in [5.41, 5.74) is 2.88. The highest BCUT2D eigenvalue weighted by molar-refractivity contribution is 4.97. The van der Waals surface area contributed by atoms with Gasteiger partial charge in [-0.05, 0) is 256 Å². The van der Waals surface area contributed by atoms with Gasteiger partial charge in [0.25, 0.3) is 0 Å². The fourth-order valence-electron chi connectivity index (χ4n) is 22.3. The van der Waals surface area contributed by atoms with E-state index in [0.29, 0.717) is 5.41 Å². The fraction of sp³-hybridized carbons (Fsp3) is 1.00. The number of fused-ring (bicyclic) bond motifs is 8. The molecule has 0 amide bonds. The Morgan fingerprint density at radius 1 is 0.272 bits per heavy atom. The second kappa shape index (κ2) is 42.3. The summed E-state index contributed by atoms with van der Waals surface area (Å²) in [6.07, 6.45) is 71.7. The molecular weight excluding hydrogens is 1110 g/mol. The summed E-state index contributed by atoms with van der Waals surface area (Å²) in [5.74, 6) is 21.3. The molecule has 0 N–H and O–H groups in total. The van der Waals surface area contributed by atoms with Gasteiger partial charge in [-0.2, -0.15) is 0 Å². The van der Waals surface area contributed by atoms with Gasteiger partial charge in [0.1, 0.15) is 0 Å². The molecule has 15 aliphatic rings. The first kappa shape index (κ1) is 82.7. The van der Waals surface area contributed by atoms with Crippen LogP contribution in [0.3, 0.4) is 0 Å². The van der Waals surface area contributed by atoms with Crippen molar-refractivity contribution in [2.45, 2.75) is 447 Å². The Morgan fingerprint density at radius 3 is 0.935 bits per heavy atom. The maximum atomic E-state index is 2.48. The van der Waals surface area contributed by atoms with E-state index in [4.69, 9.17) is 0 Å². The molecule has 18 atom stereocenters. The van der Waals surface area contributed by atoms with E-state index < -0.39 is 0 Å². The van der Waals surface area contributed by atoms with Crippen LogP contribution in [0.15, 0.2) is 0 Å². The highest BCUT2D eigenvalue weighted by atomic mass is 14.5. The molecule has 15 rings (SSSR count). The summed E-state index contributed by atoms with van der Waals surface area (Å²) in [6, 6.07) is 0. The van der Waals surface area contributed by atoms with Crippen molar-refractivity contribution in [3.63, 3.8) is 0 Å². The van der Waals surface area contributed by atoms with Gasteiger partial charge in [0.2, 0.25) is 0 Å². The lowest BCUT2D eigenvalue weighted by Gasteiger charge is -2.36. The van der Waals surface area contributed by atoms with E-state index in [1.807, 2.05) is 0 Å². The lowest BCUT2D eigenvalue weighted by Crippen LogP contribution is -2.24. The molecule has 0 heteroatoms. The molecule has 0 aliphatic heterocycles. The molecule has 15 fully saturated rings. The Bertz CT molecular complexity index is 1760. The molecular formula is C92H176. The summed E-state index contributed by atoms with van der Waals surface area (Å²) in [5, 5.41) is 0. The molecule has 92 heavy (non-hydrogen) atoms. The van der Waals surface area contributed by atoms with Crippen LogP contribution in [0.2, 0.25) is 0 Å². The second-order valence-electron chi connectivity index (χ2n) is 39.3. The monoisotopic (exact) mass is 1280 g/mol. The minimum Gasteiger partial charge on any atom is -0.0651 e. The van der Waals surface area contributed by atoms with Gasteiger partial charge in [0.15, 0.2) is 0 Å². The van der Waals surface area contributed by atoms with Crippen LogP contribution in [-0.4, -0.2) is 0 Å². The van der Waals surface area contributed by atoms with E-state index >= 15 is 0 Å². The molecule has 15 saturated carbocycles. The van der Waals surface area contributed by atoms with Crippen LogP contribution in [-0.2, 0) is 0 Å². The van der Waals surface area contributed by atoms with Crippen LogP contribution in [0.25, 0.3) is 0 Å². The first-order valence-corrected chi connectivity index (χ1v) is 43.8. The van der Waals surface area contributed by atoms with Crippen molar-refractivity contribution in [2.75, 3.05) is 0 Å². The topological polar surface area (TPSA) is 0 Å².